The van der Waals surface area contributed by atoms with Crippen molar-refractivity contribution >= 4 is 52.3 Å². The summed E-state index contributed by atoms with van der Waals surface area (Å²) in [4.78, 5) is 51.6. The molecule has 0 radical (unpaired) electrons. The molecule has 0 fully saturated rings. The number of hydrogen-bond acceptors (Lipinski definition) is 10. The number of anilines is 1. The largest absolute Gasteiger partial charge is 0.511 e. The third kappa shape index (κ3) is 4.65. The Balaban J connectivity index is 1.82. The van der Waals surface area contributed by atoms with Gasteiger partial charge in [0.25, 0.3) is 5.91 Å². The number of ether oxygens (including phenoxy) is 1. The number of benzene rings is 1. The van der Waals surface area contributed by atoms with E-state index in [1.807, 2.05) is 20.8 Å². The molecule has 0 aromatic heterocycles. The van der Waals surface area contributed by atoms with Crippen molar-refractivity contribution in [1.29, 1.82) is 0 Å². The Morgan fingerprint density at radius 2 is 1.87 bits per heavy atom. The van der Waals surface area contributed by atoms with E-state index in [0.717, 1.165) is 0 Å². The number of hydrogen-bond donors (Lipinski definition) is 6. The van der Waals surface area contributed by atoms with Crippen LogP contribution >= 0.6 is 23.0 Å². The van der Waals surface area contributed by atoms with Crippen molar-refractivity contribution in [1.82, 2.24) is 0 Å². The summed E-state index contributed by atoms with van der Waals surface area (Å²) in [6.45, 7) is 5.70. The number of phenols is 1. The molecule has 2 amide bonds. The molecule has 0 spiro atoms. The molecular formula is C26H30IN3O9. The van der Waals surface area contributed by atoms with Crippen LogP contribution in [0, 0.1) is 17.3 Å². The smallest absolute Gasteiger partial charge is 0.411 e. The van der Waals surface area contributed by atoms with Gasteiger partial charge in [-0.25, -0.2) is 4.79 Å². The van der Waals surface area contributed by atoms with Gasteiger partial charge in [0.1, 0.15) is 40.1 Å². The molecule has 13 heteroatoms. The average molecular weight is 655 g/mol. The fraction of sp³-hybridized carbons (Fsp3) is 0.462. The van der Waals surface area contributed by atoms with Gasteiger partial charge < -0.3 is 31.5 Å². The summed E-state index contributed by atoms with van der Waals surface area (Å²) in [5.41, 5.74) is 8.61. The van der Waals surface area contributed by atoms with Gasteiger partial charge in [0, 0.05) is 24.5 Å². The molecule has 4 rings (SSSR count). The van der Waals surface area contributed by atoms with E-state index in [2.05, 4.69) is 5.32 Å². The van der Waals surface area contributed by atoms with Gasteiger partial charge in [0.2, 0.25) is 11.4 Å². The number of allylic oxidation sites excluding steroid dienone is 2. The number of carbonyl (C=O) groups excluding carboxylic acids is 4. The molecule has 39 heavy (non-hydrogen) atoms. The Morgan fingerprint density at radius 1 is 1.21 bits per heavy atom. The summed E-state index contributed by atoms with van der Waals surface area (Å²) in [7, 11) is 0. The summed E-state index contributed by atoms with van der Waals surface area (Å²) < 4.78 is 10.7. The van der Waals surface area contributed by atoms with E-state index in [1.165, 1.54) is 29.1 Å². The van der Waals surface area contributed by atoms with E-state index < -0.39 is 63.8 Å². The van der Waals surface area contributed by atoms with Crippen molar-refractivity contribution in [2.24, 2.45) is 28.7 Å². The van der Waals surface area contributed by atoms with Gasteiger partial charge >= 0.3 is 6.09 Å². The third-order valence-corrected chi connectivity index (χ3v) is 8.03. The van der Waals surface area contributed by atoms with Crippen molar-refractivity contribution < 1.29 is 42.3 Å². The van der Waals surface area contributed by atoms with Gasteiger partial charge in [-0.1, -0.05) is 20.8 Å². The fourth-order valence-electron chi connectivity index (χ4n) is 5.59. The molecule has 0 saturated carbocycles. The van der Waals surface area contributed by atoms with Gasteiger partial charge in [0.15, 0.2) is 11.5 Å². The Kier molecular flexibility index (Phi) is 7.46. The van der Waals surface area contributed by atoms with E-state index in [4.69, 9.17) is 19.3 Å². The number of aliphatic hydroxyl groups excluding tert-OH is 2. The lowest BCUT2D eigenvalue weighted by Gasteiger charge is -2.47. The zero-order valence-electron chi connectivity index (χ0n) is 21.6. The number of nitrogens with two attached hydrogens (primary N) is 2. The SMILES string of the molecule is CC(C)(C)COC(=O)Nc1cc(CN)c2c(c1O)C(=O)C1=C(O)[C@]3(OI)C(=O)C(C(N)=O)=C(O)C[C@@H]3C[C@@H]1C2. The molecule has 0 unspecified atom stereocenters. The predicted octanol–water partition coefficient (Wildman–Crippen LogP) is 3.01. The number of aromatic hydroxyl groups is 1. The lowest BCUT2D eigenvalue weighted by Crippen LogP contribution is -2.57. The van der Waals surface area contributed by atoms with E-state index in [1.54, 1.807) is 0 Å². The van der Waals surface area contributed by atoms with E-state index in [9.17, 15) is 34.5 Å². The van der Waals surface area contributed by atoms with Crippen LogP contribution in [-0.4, -0.2) is 51.1 Å². The van der Waals surface area contributed by atoms with E-state index in [0.29, 0.717) is 11.1 Å². The minimum absolute atomic E-state index is 0.0203. The van der Waals surface area contributed by atoms with Crippen molar-refractivity contribution in [3.8, 4) is 5.75 Å². The van der Waals surface area contributed by atoms with Crippen LogP contribution < -0.4 is 16.8 Å². The monoisotopic (exact) mass is 655 g/mol. The number of ketones is 2. The lowest BCUT2D eigenvalue weighted by atomic mass is 9.60. The van der Waals surface area contributed by atoms with Crippen molar-refractivity contribution in [3.05, 3.63) is 45.4 Å². The molecule has 3 aliphatic rings. The second kappa shape index (κ2) is 10.1. The van der Waals surface area contributed by atoms with Crippen LogP contribution in [0.25, 0.3) is 0 Å². The fourth-order valence-corrected chi connectivity index (χ4v) is 6.35. The summed E-state index contributed by atoms with van der Waals surface area (Å²) in [5, 5.41) is 35.4. The molecule has 1 aromatic rings. The molecule has 1 aromatic carbocycles. The maximum absolute atomic E-state index is 13.9. The molecule has 0 heterocycles. The molecule has 8 N–H and O–H groups in total. The Labute approximate surface area is 238 Å². The first-order valence-electron chi connectivity index (χ1n) is 12.2. The summed E-state index contributed by atoms with van der Waals surface area (Å²) in [6.07, 6.45) is -0.720. The minimum Gasteiger partial charge on any atom is -0.511 e. The van der Waals surface area contributed by atoms with Crippen molar-refractivity contribution in [3.63, 3.8) is 0 Å². The molecule has 3 atom stereocenters. The highest BCUT2D eigenvalue weighted by atomic mass is 127. The van der Waals surface area contributed by atoms with Crippen LogP contribution in [0.1, 0.15) is 55.1 Å². The number of amides is 2. The van der Waals surface area contributed by atoms with Crippen LogP contribution in [0.4, 0.5) is 10.5 Å². The molecule has 3 aliphatic carbocycles. The maximum atomic E-state index is 13.9. The van der Waals surface area contributed by atoms with Gasteiger partial charge in [-0.05, 0) is 41.4 Å². The van der Waals surface area contributed by atoms with E-state index >= 15 is 0 Å². The summed E-state index contributed by atoms with van der Waals surface area (Å²) >= 11 is 1.41. The summed E-state index contributed by atoms with van der Waals surface area (Å²) in [6, 6.07) is 1.47. The highest BCUT2D eigenvalue weighted by Crippen LogP contribution is 2.54. The molecule has 0 aliphatic heterocycles. The Hall–Kier alpha value is -3.17. The number of primary amides is 1. The van der Waals surface area contributed by atoms with Crippen molar-refractivity contribution in [2.45, 2.75) is 52.2 Å². The molecule has 0 saturated heterocycles. The first kappa shape index (κ1) is 28.8. The number of fused-ring (bicyclic) bond motifs is 3. The topological polar surface area (TPSA) is 212 Å². The highest BCUT2D eigenvalue weighted by molar-refractivity contribution is 14.1. The lowest BCUT2D eigenvalue weighted by molar-refractivity contribution is -0.137. The van der Waals surface area contributed by atoms with Gasteiger partial charge in [-0.15, -0.1) is 0 Å². The number of nitrogens with one attached hydrogen (secondary N) is 1. The second-order valence-corrected chi connectivity index (χ2v) is 11.6. The zero-order chi connectivity index (χ0) is 29.0. The van der Waals surface area contributed by atoms with Crippen LogP contribution in [0.2, 0.25) is 0 Å². The first-order chi connectivity index (χ1) is 18.2. The highest BCUT2D eigenvalue weighted by Gasteiger charge is 2.61. The predicted molar refractivity (Wildman–Crippen MR) is 146 cm³/mol. The van der Waals surface area contributed by atoms with Gasteiger partial charge in [-0.2, -0.15) is 0 Å². The molecular weight excluding hydrogens is 625 g/mol. The average Bonchev–Trinajstić information content (AvgIpc) is 2.83. The molecule has 0 bridgehead atoms. The Bertz CT molecular complexity index is 1360. The standard InChI is InChI=1S/C26H30IN3O9/c1-25(2,3)9-38-24(37)30-14-6-11(8-28)13-5-10-4-12-7-15(31)18(23(29)36)22(35)26(12,39-27)21(34)16(10)20(33)17(13)19(14)32/h6,10,12,31-32,34H,4-5,7-9,28H2,1-3H3,(H2,29,36)(H,30,37)/t10-,12+,26+/m1/s1. The third-order valence-electron chi connectivity index (χ3n) is 7.33. The number of halogens is 1. The minimum atomic E-state index is -2.13. The number of aliphatic hydroxyl groups is 2. The second-order valence-electron chi connectivity index (χ2n) is 11.2. The van der Waals surface area contributed by atoms with Crippen LogP contribution in [0.5, 0.6) is 5.75 Å². The number of rotatable bonds is 5. The summed E-state index contributed by atoms with van der Waals surface area (Å²) in [5.74, 6) is -6.19. The first-order valence-corrected chi connectivity index (χ1v) is 13.1. The quantitative estimate of drug-likeness (QED) is 0.155. The maximum Gasteiger partial charge on any atom is 0.411 e. The van der Waals surface area contributed by atoms with Gasteiger partial charge in [0.05, 0.1) is 17.9 Å². The number of carbonyl (C=O) groups is 4. The van der Waals surface area contributed by atoms with Crippen molar-refractivity contribution in [2.75, 3.05) is 11.9 Å². The van der Waals surface area contributed by atoms with Gasteiger partial charge in [-0.3, -0.25) is 22.8 Å². The molecule has 12 nitrogen and oxygen atoms in total. The van der Waals surface area contributed by atoms with E-state index in [-0.39, 0.29) is 54.7 Å². The van der Waals surface area contributed by atoms with Crippen LogP contribution in [-0.2, 0) is 30.4 Å². The van der Waals surface area contributed by atoms with Crippen LogP contribution in [0.3, 0.4) is 0 Å². The number of Topliss-reactive ketones (excluding diaryl/α,β-unsaturated/α-hetero) is 2. The normalized spacial score (nSPS) is 24.6. The number of phenolic OH excluding ortho intramolecular Hbond substituents is 1. The Morgan fingerprint density at radius 3 is 2.44 bits per heavy atom. The zero-order valence-corrected chi connectivity index (χ0v) is 23.7. The molecule has 210 valence electrons. The van der Waals surface area contributed by atoms with Crippen LogP contribution in [0.15, 0.2) is 28.7 Å².